The number of aryl methyl sites for hydroxylation is 2. The smallest absolute Gasteiger partial charge is 0.263 e. The number of anilines is 1. The van der Waals surface area contributed by atoms with Gasteiger partial charge in [-0.25, -0.2) is 9.37 Å². The van der Waals surface area contributed by atoms with Crippen LogP contribution in [0.3, 0.4) is 0 Å². The lowest BCUT2D eigenvalue weighted by atomic mass is 10.2. The van der Waals surface area contributed by atoms with Gasteiger partial charge in [0, 0.05) is 42.5 Å². The number of carbonyl (C=O) groups is 1. The van der Waals surface area contributed by atoms with Crippen molar-refractivity contribution in [2.45, 2.75) is 26.8 Å². The molecule has 0 aliphatic carbocycles. The van der Waals surface area contributed by atoms with E-state index in [-0.39, 0.29) is 30.2 Å². The molecular weight excluding hydrogens is 439 g/mol. The first kappa shape index (κ1) is 23.0. The molecule has 0 aliphatic rings. The molecule has 0 unspecified atom stereocenters. The molecule has 0 saturated heterocycles. The zero-order valence-electron chi connectivity index (χ0n) is 19.4. The third-order valence-electron chi connectivity index (χ3n) is 5.76. The summed E-state index contributed by atoms with van der Waals surface area (Å²) in [5.74, 6) is 0.459. The van der Waals surface area contributed by atoms with Crippen molar-refractivity contribution in [2.24, 2.45) is 0 Å². The highest BCUT2D eigenvalue weighted by atomic mass is 19.1. The van der Waals surface area contributed by atoms with E-state index in [2.05, 4.69) is 10.3 Å². The van der Waals surface area contributed by atoms with Crippen molar-refractivity contribution in [2.75, 3.05) is 19.5 Å². The molecule has 8 nitrogen and oxygen atoms in total. The minimum absolute atomic E-state index is 0.0647. The largest absolute Gasteiger partial charge is 0.497 e. The number of rotatable bonds is 7. The Morgan fingerprint density at radius 3 is 2.44 bits per heavy atom. The Hall–Kier alpha value is -4.14. The number of halogens is 1. The lowest BCUT2D eigenvalue weighted by Crippen LogP contribution is -2.24. The third-order valence-corrected chi connectivity index (χ3v) is 5.76. The van der Waals surface area contributed by atoms with Gasteiger partial charge >= 0.3 is 0 Å². The molecule has 0 atom stereocenters. The maximum atomic E-state index is 13.8. The average Bonchev–Trinajstić information content (AvgIpc) is 3.08. The maximum absolute atomic E-state index is 13.8. The highest BCUT2D eigenvalue weighted by molar-refractivity contribution is 5.91. The molecule has 2 heterocycles. The van der Waals surface area contributed by atoms with Crippen molar-refractivity contribution in [1.29, 1.82) is 0 Å². The summed E-state index contributed by atoms with van der Waals surface area (Å²) in [6.45, 7) is 3.85. The van der Waals surface area contributed by atoms with E-state index in [1.54, 1.807) is 34.9 Å². The van der Waals surface area contributed by atoms with Crippen molar-refractivity contribution < 1.29 is 18.7 Å². The number of fused-ring (bicyclic) bond motifs is 1. The Kier molecular flexibility index (Phi) is 6.36. The molecule has 1 N–H and O–H groups in total. The number of carbonyl (C=O) groups excluding carboxylic acids is 1. The number of ether oxygens (including phenoxy) is 2. The number of nitrogens with zero attached hydrogens (tertiary/aromatic N) is 3. The number of hydrogen-bond acceptors (Lipinski definition) is 5. The van der Waals surface area contributed by atoms with Gasteiger partial charge in [-0.2, -0.15) is 0 Å². The summed E-state index contributed by atoms with van der Waals surface area (Å²) in [5, 5.41) is 3.24. The van der Waals surface area contributed by atoms with Gasteiger partial charge in [0.15, 0.2) is 5.65 Å². The van der Waals surface area contributed by atoms with Crippen molar-refractivity contribution in [3.63, 3.8) is 0 Å². The van der Waals surface area contributed by atoms with Gasteiger partial charge in [-0.15, -0.1) is 0 Å². The molecule has 4 aromatic rings. The fourth-order valence-electron chi connectivity index (χ4n) is 3.90. The third kappa shape index (κ3) is 4.36. The van der Waals surface area contributed by atoms with Crippen LogP contribution in [0, 0.1) is 19.7 Å². The second kappa shape index (κ2) is 9.38. The van der Waals surface area contributed by atoms with Gasteiger partial charge in [0.1, 0.15) is 17.3 Å². The van der Waals surface area contributed by atoms with Gasteiger partial charge in [-0.3, -0.25) is 18.7 Å². The van der Waals surface area contributed by atoms with Crippen molar-refractivity contribution in [1.82, 2.24) is 14.1 Å². The van der Waals surface area contributed by atoms with Gasteiger partial charge < -0.3 is 14.8 Å². The molecule has 0 radical (unpaired) electrons. The Morgan fingerprint density at radius 2 is 1.79 bits per heavy atom. The van der Waals surface area contributed by atoms with E-state index in [1.807, 2.05) is 13.8 Å². The van der Waals surface area contributed by atoms with Crippen molar-refractivity contribution in [3.8, 4) is 17.2 Å². The molecule has 0 aliphatic heterocycles. The number of nitrogens with one attached hydrogen (secondary N) is 1. The predicted molar refractivity (Wildman–Crippen MR) is 128 cm³/mol. The summed E-state index contributed by atoms with van der Waals surface area (Å²) in [5.41, 5.74) is 2.88. The first-order chi connectivity index (χ1) is 16.3. The summed E-state index contributed by atoms with van der Waals surface area (Å²) < 4.78 is 27.4. The van der Waals surface area contributed by atoms with Crippen LogP contribution in [-0.2, 0) is 11.3 Å². The minimum Gasteiger partial charge on any atom is -0.497 e. The summed E-state index contributed by atoms with van der Waals surface area (Å²) in [6.07, 6.45) is 1.48. The van der Waals surface area contributed by atoms with Crippen LogP contribution in [0.4, 0.5) is 10.1 Å². The second-order valence-corrected chi connectivity index (χ2v) is 7.87. The lowest BCUT2D eigenvalue weighted by Gasteiger charge is -2.11. The lowest BCUT2D eigenvalue weighted by molar-refractivity contribution is -0.116. The van der Waals surface area contributed by atoms with E-state index >= 15 is 0 Å². The molecule has 2 aromatic heterocycles. The zero-order valence-corrected chi connectivity index (χ0v) is 19.4. The van der Waals surface area contributed by atoms with E-state index in [0.29, 0.717) is 33.9 Å². The Morgan fingerprint density at radius 1 is 1.09 bits per heavy atom. The van der Waals surface area contributed by atoms with E-state index in [1.165, 1.54) is 37.2 Å². The predicted octanol–water partition coefficient (Wildman–Crippen LogP) is 3.99. The van der Waals surface area contributed by atoms with Crippen LogP contribution in [0.2, 0.25) is 0 Å². The summed E-state index contributed by atoms with van der Waals surface area (Å²) in [6, 6.07) is 11.2. The molecule has 0 saturated carbocycles. The van der Waals surface area contributed by atoms with E-state index in [4.69, 9.17) is 9.47 Å². The van der Waals surface area contributed by atoms with E-state index in [0.717, 1.165) is 11.3 Å². The van der Waals surface area contributed by atoms with Gasteiger partial charge in [-0.1, -0.05) is 6.07 Å². The fourth-order valence-corrected chi connectivity index (χ4v) is 3.90. The van der Waals surface area contributed by atoms with Crippen LogP contribution >= 0.6 is 0 Å². The van der Waals surface area contributed by atoms with Crippen LogP contribution < -0.4 is 20.3 Å². The average molecular weight is 464 g/mol. The van der Waals surface area contributed by atoms with Crippen LogP contribution in [-0.4, -0.2) is 34.2 Å². The molecule has 0 bridgehead atoms. The van der Waals surface area contributed by atoms with Crippen LogP contribution in [0.25, 0.3) is 16.7 Å². The molecule has 34 heavy (non-hydrogen) atoms. The molecule has 0 fully saturated rings. The summed E-state index contributed by atoms with van der Waals surface area (Å²) in [7, 11) is 3.06. The number of aromatic nitrogens is 3. The Bertz CT molecular complexity index is 1420. The number of benzene rings is 2. The van der Waals surface area contributed by atoms with E-state index < -0.39 is 0 Å². The van der Waals surface area contributed by atoms with Crippen molar-refractivity contribution in [3.05, 3.63) is 76.2 Å². The Labute approximate surface area is 195 Å². The van der Waals surface area contributed by atoms with Crippen molar-refractivity contribution >= 4 is 22.6 Å². The molecule has 1 amide bonds. The van der Waals surface area contributed by atoms with Gasteiger partial charge in [0.05, 0.1) is 31.6 Å². The first-order valence-corrected chi connectivity index (χ1v) is 10.7. The van der Waals surface area contributed by atoms with Gasteiger partial charge in [0.25, 0.3) is 5.56 Å². The van der Waals surface area contributed by atoms with Crippen LogP contribution in [0.5, 0.6) is 11.5 Å². The zero-order chi connectivity index (χ0) is 24.4. The first-order valence-electron chi connectivity index (χ1n) is 10.7. The maximum Gasteiger partial charge on any atom is 0.263 e. The minimum atomic E-state index is -0.371. The van der Waals surface area contributed by atoms with Gasteiger partial charge in [-0.05, 0) is 37.6 Å². The van der Waals surface area contributed by atoms with Gasteiger partial charge in [0.2, 0.25) is 5.91 Å². The fraction of sp³-hybridized carbons (Fsp3) is 0.240. The number of hydrogen-bond donors (Lipinski definition) is 1. The quantitative estimate of drug-likeness (QED) is 0.447. The monoisotopic (exact) mass is 464 g/mol. The number of methoxy groups -OCH3 is 2. The normalized spacial score (nSPS) is 11.0. The van der Waals surface area contributed by atoms with Crippen LogP contribution in [0.15, 0.2) is 53.6 Å². The summed E-state index contributed by atoms with van der Waals surface area (Å²) in [4.78, 5) is 30.2. The highest BCUT2D eigenvalue weighted by Gasteiger charge is 2.18. The number of amides is 1. The highest BCUT2D eigenvalue weighted by Crippen LogP contribution is 2.27. The molecular formula is C25H25FN4O4. The topological polar surface area (TPSA) is 87.4 Å². The standard InChI is InChI=1S/C25H25FN4O4/c1-15-16(2)30(19-7-5-6-17(26)10-19)24-23(15)25(32)29(14-27-24)9-8-22(31)28-18-11-20(33-3)13-21(12-18)34-4/h5-7,10-14H,8-9H2,1-4H3,(H,28,31). The molecule has 176 valence electrons. The second-order valence-electron chi connectivity index (χ2n) is 7.87. The molecule has 2 aromatic carbocycles. The van der Waals surface area contributed by atoms with E-state index in [9.17, 15) is 14.0 Å². The molecule has 9 heteroatoms. The van der Waals surface area contributed by atoms with Crippen LogP contribution in [0.1, 0.15) is 17.7 Å². The molecule has 4 rings (SSSR count). The SMILES string of the molecule is COc1cc(NC(=O)CCn2cnc3c(c(C)c(C)n3-c3cccc(F)c3)c2=O)cc(OC)c1. The Balaban J connectivity index is 1.58. The summed E-state index contributed by atoms with van der Waals surface area (Å²) >= 11 is 0. The molecule has 0 spiro atoms.